The van der Waals surface area contributed by atoms with E-state index in [0.717, 1.165) is 0 Å². The molecule has 0 aliphatic carbocycles. The first-order chi connectivity index (χ1) is 10.5. The second kappa shape index (κ2) is 7.06. The van der Waals surface area contributed by atoms with E-state index >= 15 is 0 Å². The molecular weight excluding hydrogens is 280 g/mol. The number of aryl methyl sites for hydroxylation is 2. The van der Waals surface area contributed by atoms with E-state index in [-0.39, 0.29) is 12.5 Å². The molecule has 0 unspecified atom stereocenters. The van der Waals surface area contributed by atoms with Gasteiger partial charge in [-0.05, 0) is 36.1 Å². The highest BCUT2D eigenvalue weighted by Gasteiger charge is 2.08. The predicted molar refractivity (Wildman–Crippen MR) is 83.6 cm³/mol. The summed E-state index contributed by atoms with van der Waals surface area (Å²) in [5, 5.41) is 10.4. The van der Waals surface area contributed by atoms with Gasteiger partial charge in [0.2, 0.25) is 0 Å². The number of hydrogen-bond acceptors (Lipinski definition) is 4. The van der Waals surface area contributed by atoms with Crippen molar-refractivity contribution in [1.29, 1.82) is 0 Å². The Labute approximate surface area is 130 Å². The highest BCUT2D eigenvalue weighted by Crippen LogP contribution is 2.23. The number of nitrogens with zero attached hydrogens (tertiary/aromatic N) is 3. The standard InChI is InChI=1S/C16H22N4O2/c1-11(2)14-6-5-13(7-12(14)3)22-9-16(21)17-8-15-19-18-10-20(15)4/h5-7,10-11H,8-9H2,1-4H3,(H,17,21). The minimum atomic E-state index is -0.186. The first kappa shape index (κ1) is 16.0. The fraction of sp³-hybridized carbons (Fsp3) is 0.438. The Morgan fingerprint density at radius 1 is 1.41 bits per heavy atom. The molecule has 2 aromatic rings. The first-order valence-corrected chi connectivity index (χ1v) is 7.30. The van der Waals surface area contributed by atoms with E-state index < -0.39 is 0 Å². The molecule has 1 aromatic carbocycles. The van der Waals surface area contributed by atoms with Gasteiger partial charge in [0.15, 0.2) is 12.4 Å². The molecule has 118 valence electrons. The fourth-order valence-corrected chi connectivity index (χ4v) is 2.23. The van der Waals surface area contributed by atoms with Gasteiger partial charge in [0, 0.05) is 7.05 Å². The minimum Gasteiger partial charge on any atom is -0.484 e. The van der Waals surface area contributed by atoms with Crippen LogP contribution in [0, 0.1) is 6.92 Å². The molecule has 1 heterocycles. The first-order valence-electron chi connectivity index (χ1n) is 7.30. The average Bonchev–Trinajstić information content (AvgIpc) is 2.88. The second-order valence-corrected chi connectivity index (χ2v) is 5.60. The molecule has 0 atom stereocenters. The molecule has 1 N–H and O–H groups in total. The molecule has 0 fully saturated rings. The van der Waals surface area contributed by atoms with E-state index in [1.165, 1.54) is 11.1 Å². The van der Waals surface area contributed by atoms with Crippen molar-refractivity contribution in [3.05, 3.63) is 41.5 Å². The molecule has 0 radical (unpaired) electrons. The smallest absolute Gasteiger partial charge is 0.258 e. The van der Waals surface area contributed by atoms with Gasteiger partial charge in [-0.25, -0.2) is 0 Å². The summed E-state index contributed by atoms with van der Waals surface area (Å²) in [7, 11) is 1.83. The minimum absolute atomic E-state index is 0.0156. The van der Waals surface area contributed by atoms with Crippen molar-refractivity contribution in [3.63, 3.8) is 0 Å². The van der Waals surface area contributed by atoms with E-state index in [4.69, 9.17) is 4.74 Å². The lowest BCUT2D eigenvalue weighted by Gasteiger charge is -2.12. The van der Waals surface area contributed by atoms with Crippen molar-refractivity contribution < 1.29 is 9.53 Å². The molecule has 6 heteroatoms. The van der Waals surface area contributed by atoms with Gasteiger partial charge < -0.3 is 14.6 Å². The average molecular weight is 302 g/mol. The number of carbonyl (C=O) groups is 1. The summed E-state index contributed by atoms with van der Waals surface area (Å²) in [5.41, 5.74) is 2.46. The molecule has 1 amide bonds. The van der Waals surface area contributed by atoms with Gasteiger partial charge in [-0.2, -0.15) is 0 Å². The summed E-state index contributed by atoms with van der Waals surface area (Å²) >= 11 is 0. The van der Waals surface area contributed by atoms with Crippen LogP contribution in [0.5, 0.6) is 5.75 Å². The van der Waals surface area contributed by atoms with E-state index in [0.29, 0.717) is 24.0 Å². The van der Waals surface area contributed by atoms with Gasteiger partial charge in [-0.3, -0.25) is 4.79 Å². The van der Waals surface area contributed by atoms with Crippen molar-refractivity contribution in [2.75, 3.05) is 6.61 Å². The van der Waals surface area contributed by atoms with Gasteiger partial charge >= 0.3 is 0 Å². The Morgan fingerprint density at radius 3 is 2.77 bits per heavy atom. The number of nitrogens with one attached hydrogen (secondary N) is 1. The number of carbonyl (C=O) groups excluding carboxylic acids is 1. The van der Waals surface area contributed by atoms with Crippen molar-refractivity contribution in [1.82, 2.24) is 20.1 Å². The van der Waals surface area contributed by atoms with Gasteiger partial charge in [0.05, 0.1) is 6.54 Å². The summed E-state index contributed by atoms with van der Waals surface area (Å²) in [6.45, 7) is 6.68. The van der Waals surface area contributed by atoms with E-state index in [9.17, 15) is 4.79 Å². The Balaban J connectivity index is 1.83. The highest BCUT2D eigenvalue weighted by atomic mass is 16.5. The number of ether oxygens (including phenoxy) is 1. The van der Waals surface area contributed by atoms with Gasteiger partial charge in [0.25, 0.3) is 5.91 Å². The Hall–Kier alpha value is -2.37. The third-order valence-electron chi connectivity index (χ3n) is 3.48. The Morgan fingerprint density at radius 2 is 2.18 bits per heavy atom. The lowest BCUT2D eigenvalue weighted by Crippen LogP contribution is -2.29. The number of amides is 1. The van der Waals surface area contributed by atoms with Crippen LogP contribution in [0.15, 0.2) is 24.5 Å². The van der Waals surface area contributed by atoms with Crippen LogP contribution in [-0.2, 0) is 18.4 Å². The lowest BCUT2D eigenvalue weighted by atomic mass is 9.98. The van der Waals surface area contributed by atoms with Crippen molar-refractivity contribution >= 4 is 5.91 Å². The number of rotatable bonds is 6. The summed E-state index contributed by atoms with van der Waals surface area (Å²) in [6.07, 6.45) is 1.59. The Kier molecular flexibility index (Phi) is 5.14. The van der Waals surface area contributed by atoms with Crippen LogP contribution in [0.25, 0.3) is 0 Å². The quantitative estimate of drug-likeness (QED) is 0.885. The zero-order chi connectivity index (χ0) is 16.1. The maximum atomic E-state index is 11.8. The summed E-state index contributed by atoms with van der Waals surface area (Å²) in [5.74, 6) is 1.69. The topological polar surface area (TPSA) is 69.0 Å². The maximum Gasteiger partial charge on any atom is 0.258 e. The molecule has 0 bridgehead atoms. The van der Waals surface area contributed by atoms with Crippen molar-refractivity contribution in [2.24, 2.45) is 7.05 Å². The monoisotopic (exact) mass is 302 g/mol. The second-order valence-electron chi connectivity index (χ2n) is 5.60. The van der Waals surface area contributed by atoms with Crippen LogP contribution < -0.4 is 10.1 Å². The molecule has 1 aromatic heterocycles. The number of hydrogen-bond donors (Lipinski definition) is 1. The van der Waals surface area contributed by atoms with Crippen LogP contribution in [0.1, 0.15) is 36.7 Å². The van der Waals surface area contributed by atoms with Gasteiger partial charge in [-0.1, -0.05) is 19.9 Å². The number of aromatic nitrogens is 3. The predicted octanol–water partition coefficient (Wildman–Crippen LogP) is 1.94. The normalized spacial score (nSPS) is 10.8. The summed E-state index contributed by atoms with van der Waals surface area (Å²) < 4.78 is 7.29. The molecule has 6 nitrogen and oxygen atoms in total. The van der Waals surface area contributed by atoms with Gasteiger partial charge in [-0.15, -0.1) is 10.2 Å². The molecule has 0 aliphatic heterocycles. The Bertz CT molecular complexity index is 649. The zero-order valence-corrected chi connectivity index (χ0v) is 13.5. The SMILES string of the molecule is Cc1cc(OCC(=O)NCc2nncn2C)ccc1C(C)C. The molecule has 2 rings (SSSR count). The van der Waals surface area contributed by atoms with Crippen LogP contribution >= 0.6 is 0 Å². The molecule has 0 aliphatic rings. The highest BCUT2D eigenvalue weighted by molar-refractivity contribution is 5.77. The van der Waals surface area contributed by atoms with Crippen LogP contribution in [0.4, 0.5) is 0 Å². The zero-order valence-electron chi connectivity index (χ0n) is 13.5. The molecule has 0 saturated carbocycles. The van der Waals surface area contributed by atoms with Crippen molar-refractivity contribution in [2.45, 2.75) is 33.2 Å². The van der Waals surface area contributed by atoms with E-state index in [1.54, 1.807) is 10.9 Å². The third kappa shape index (κ3) is 4.07. The fourth-order valence-electron chi connectivity index (χ4n) is 2.23. The molecule has 22 heavy (non-hydrogen) atoms. The third-order valence-corrected chi connectivity index (χ3v) is 3.48. The summed E-state index contributed by atoms with van der Waals surface area (Å²) in [6, 6.07) is 5.91. The van der Waals surface area contributed by atoms with E-state index in [2.05, 4.69) is 36.3 Å². The van der Waals surface area contributed by atoms with Crippen molar-refractivity contribution in [3.8, 4) is 5.75 Å². The van der Waals surface area contributed by atoms with E-state index in [1.807, 2.05) is 25.2 Å². The largest absolute Gasteiger partial charge is 0.484 e. The number of benzene rings is 1. The maximum absolute atomic E-state index is 11.8. The summed E-state index contributed by atoms with van der Waals surface area (Å²) in [4.78, 5) is 11.8. The van der Waals surface area contributed by atoms with Gasteiger partial charge in [0.1, 0.15) is 12.1 Å². The van der Waals surface area contributed by atoms with Crippen LogP contribution in [0.3, 0.4) is 0 Å². The van der Waals surface area contributed by atoms with Crippen LogP contribution in [0.2, 0.25) is 0 Å². The van der Waals surface area contributed by atoms with Crippen LogP contribution in [-0.4, -0.2) is 27.3 Å². The molecule has 0 spiro atoms. The lowest BCUT2D eigenvalue weighted by molar-refractivity contribution is -0.123. The molecule has 0 saturated heterocycles. The molecular formula is C16H22N4O2.